The minimum absolute atomic E-state index is 0.0587. The Morgan fingerprint density at radius 2 is 1.90 bits per heavy atom. The van der Waals surface area contributed by atoms with Gasteiger partial charge in [0.25, 0.3) is 5.91 Å². The number of hydrogen-bond donors (Lipinski definition) is 0. The van der Waals surface area contributed by atoms with Crippen LogP contribution in [0, 0.1) is 0 Å². The molecule has 1 aliphatic rings. The van der Waals surface area contributed by atoms with Gasteiger partial charge in [-0.15, -0.1) is 0 Å². The summed E-state index contributed by atoms with van der Waals surface area (Å²) < 4.78 is 34.7. The lowest BCUT2D eigenvalue weighted by molar-refractivity contribution is 0.0670. The second kappa shape index (κ2) is 8.72. The summed E-state index contributed by atoms with van der Waals surface area (Å²) in [4.78, 5) is 14.9. The van der Waals surface area contributed by atoms with E-state index in [1.807, 2.05) is 12.1 Å². The number of amides is 1. The van der Waals surface area contributed by atoms with E-state index in [0.717, 1.165) is 11.1 Å². The number of benzene rings is 2. The minimum Gasteiger partial charge on any atom is -0.497 e. The number of hydrogen-bond acceptors (Lipinski definition) is 6. The van der Waals surface area contributed by atoms with Crippen LogP contribution < -0.4 is 4.74 Å². The lowest BCUT2D eigenvalue weighted by Gasteiger charge is -2.27. The van der Waals surface area contributed by atoms with E-state index in [4.69, 9.17) is 20.9 Å². The molecule has 0 N–H and O–H groups in total. The van der Waals surface area contributed by atoms with Gasteiger partial charge in [-0.1, -0.05) is 28.9 Å². The fourth-order valence-electron chi connectivity index (χ4n) is 3.59. The standard InChI is InChI=1S/C22H21ClN2O5S/c1-29-19-8-2-15(3-9-19)13-25(18-10-11-31(27,28)14-18)22(26)20-12-21(30-24-20)16-4-6-17(23)7-5-16/h2-9,12,18H,10-11,13-14H2,1H3. The Morgan fingerprint density at radius 3 is 2.52 bits per heavy atom. The van der Waals surface area contributed by atoms with Crippen molar-refractivity contribution in [2.75, 3.05) is 18.6 Å². The van der Waals surface area contributed by atoms with Crippen LogP contribution in [0.2, 0.25) is 5.02 Å². The first-order valence-electron chi connectivity index (χ1n) is 9.71. The van der Waals surface area contributed by atoms with E-state index in [9.17, 15) is 13.2 Å². The van der Waals surface area contributed by atoms with Gasteiger partial charge < -0.3 is 14.2 Å². The van der Waals surface area contributed by atoms with Gasteiger partial charge in [0.05, 0.1) is 18.6 Å². The molecule has 0 saturated carbocycles. The highest BCUT2D eigenvalue weighted by molar-refractivity contribution is 7.91. The average Bonchev–Trinajstić information content (AvgIpc) is 3.39. The molecule has 7 nitrogen and oxygen atoms in total. The summed E-state index contributed by atoms with van der Waals surface area (Å²) in [5.41, 5.74) is 1.73. The van der Waals surface area contributed by atoms with Crippen LogP contribution in [-0.4, -0.2) is 49.0 Å². The topological polar surface area (TPSA) is 89.7 Å². The molecule has 31 heavy (non-hydrogen) atoms. The lowest BCUT2D eigenvalue weighted by Crippen LogP contribution is -2.40. The van der Waals surface area contributed by atoms with Crippen LogP contribution in [0.4, 0.5) is 0 Å². The molecule has 2 heterocycles. The molecule has 9 heteroatoms. The predicted molar refractivity (Wildman–Crippen MR) is 117 cm³/mol. The molecule has 0 radical (unpaired) electrons. The van der Waals surface area contributed by atoms with Crippen LogP contribution in [0.1, 0.15) is 22.5 Å². The van der Waals surface area contributed by atoms with Crippen molar-refractivity contribution in [3.8, 4) is 17.1 Å². The molecule has 1 aromatic heterocycles. The number of carbonyl (C=O) groups excluding carboxylic acids is 1. The molecule has 0 spiro atoms. The van der Waals surface area contributed by atoms with Crippen LogP contribution in [0.3, 0.4) is 0 Å². The van der Waals surface area contributed by atoms with Crippen LogP contribution in [0.25, 0.3) is 11.3 Å². The Labute approximate surface area is 185 Å². The van der Waals surface area contributed by atoms with E-state index < -0.39 is 15.9 Å². The molecule has 1 atom stereocenters. The first-order chi connectivity index (χ1) is 14.8. The molecular weight excluding hydrogens is 440 g/mol. The van der Waals surface area contributed by atoms with Crippen LogP contribution in [0.15, 0.2) is 59.1 Å². The normalized spacial score (nSPS) is 17.4. The van der Waals surface area contributed by atoms with Gasteiger partial charge in [-0.25, -0.2) is 8.42 Å². The Bertz CT molecular complexity index is 1170. The summed E-state index contributed by atoms with van der Waals surface area (Å²) in [7, 11) is -1.59. The second-order valence-corrected chi connectivity index (χ2v) is 10.1. The number of carbonyl (C=O) groups is 1. The first-order valence-corrected chi connectivity index (χ1v) is 11.9. The zero-order valence-electron chi connectivity index (χ0n) is 16.8. The zero-order chi connectivity index (χ0) is 22.0. The maximum atomic E-state index is 13.3. The Kier molecular flexibility index (Phi) is 6.02. The molecule has 1 aliphatic heterocycles. The van der Waals surface area contributed by atoms with Gasteiger partial charge in [0, 0.05) is 29.2 Å². The number of ether oxygens (including phenoxy) is 1. The van der Waals surface area contributed by atoms with Crippen molar-refractivity contribution in [1.29, 1.82) is 0 Å². The van der Waals surface area contributed by atoms with E-state index >= 15 is 0 Å². The molecule has 1 unspecified atom stereocenters. The van der Waals surface area contributed by atoms with E-state index in [1.54, 1.807) is 54.5 Å². The fourth-order valence-corrected chi connectivity index (χ4v) is 5.45. The summed E-state index contributed by atoms with van der Waals surface area (Å²) in [6.07, 6.45) is 0.395. The molecule has 3 aromatic rings. The predicted octanol–water partition coefficient (Wildman–Crippen LogP) is 3.83. The largest absolute Gasteiger partial charge is 0.497 e. The highest BCUT2D eigenvalue weighted by Gasteiger charge is 2.36. The van der Waals surface area contributed by atoms with E-state index in [2.05, 4.69) is 5.16 Å². The summed E-state index contributed by atoms with van der Waals surface area (Å²) in [6, 6.07) is 15.4. The first kappa shape index (κ1) is 21.4. The third-order valence-electron chi connectivity index (χ3n) is 5.28. The lowest BCUT2D eigenvalue weighted by atomic mass is 10.1. The maximum Gasteiger partial charge on any atom is 0.276 e. The fraction of sp³-hybridized carbons (Fsp3) is 0.273. The SMILES string of the molecule is COc1ccc(CN(C(=O)c2cc(-c3ccc(Cl)cc3)on2)C2CCS(=O)(=O)C2)cc1. The van der Waals surface area contributed by atoms with E-state index in [1.165, 1.54) is 0 Å². The maximum absolute atomic E-state index is 13.3. The van der Waals surface area contributed by atoms with Gasteiger partial charge in [0.1, 0.15) is 5.75 Å². The summed E-state index contributed by atoms with van der Waals surface area (Å²) in [5, 5.41) is 4.53. The van der Waals surface area contributed by atoms with E-state index in [0.29, 0.717) is 23.0 Å². The van der Waals surface area contributed by atoms with Crippen molar-refractivity contribution < 1.29 is 22.5 Å². The third-order valence-corrected chi connectivity index (χ3v) is 7.28. The molecule has 1 saturated heterocycles. The monoisotopic (exact) mass is 460 g/mol. The molecule has 1 amide bonds. The van der Waals surface area contributed by atoms with Crippen molar-refractivity contribution >= 4 is 27.3 Å². The number of aromatic nitrogens is 1. The van der Waals surface area contributed by atoms with Crippen LogP contribution >= 0.6 is 11.6 Å². The Balaban J connectivity index is 1.61. The van der Waals surface area contributed by atoms with Crippen molar-refractivity contribution in [3.63, 3.8) is 0 Å². The van der Waals surface area contributed by atoms with Crippen molar-refractivity contribution in [2.45, 2.75) is 19.0 Å². The van der Waals surface area contributed by atoms with Crippen molar-refractivity contribution in [3.05, 3.63) is 70.9 Å². The molecular formula is C22H21ClN2O5S. The molecule has 0 aliphatic carbocycles. The molecule has 162 valence electrons. The van der Waals surface area contributed by atoms with Gasteiger partial charge in [-0.2, -0.15) is 0 Å². The second-order valence-electron chi connectivity index (χ2n) is 7.42. The minimum atomic E-state index is -3.17. The van der Waals surface area contributed by atoms with Crippen LogP contribution in [-0.2, 0) is 16.4 Å². The third kappa shape index (κ3) is 4.91. The smallest absolute Gasteiger partial charge is 0.276 e. The van der Waals surface area contributed by atoms with Crippen molar-refractivity contribution in [1.82, 2.24) is 10.1 Å². The highest BCUT2D eigenvalue weighted by atomic mass is 35.5. The quantitative estimate of drug-likeness (QED) is 0.555. The number of nitrogens with zero attached hydrogens (tertiary/aromatic N) is 2. The number of rotatable bonds is 6. The average molecular weight is 461 g/mol. The highest BCUT2D eigenvalue weighted by Crippen LogP contribution is 2.26. The van der Waals surface area contributed by atoms with Gasteiger partial charge in [-0.3, -0.25) is 4.79 Å². The molecule has 2 aromatic carbocycles. The zero-order valence-corrected chi connectivity index (χ0v) is 18.4. The number of methoxy groups -OCH3 is 1. The van der Waals surface area contributed by atoms with Gasteiger partial charge in [0.2, 0.25) is 0 Å². The summed E-state index contributed by atoms with van der Waals surface area (Å²) >= 11 is 5.92. The van der Waals surface area contributed by atoms with E-state index in [-0.39, 0.29) is 29.7 Å². The van der Waals surface area contributed by atoms with Crippen molar-refractivity contribution in [2.24, 2.45) is 0 Å². The van der Waals surface area contributed by atoms with Gasteiger partial charge in [-0.05, 0) is 48.4 Å². The van der Waals surface area contributed by atoms with Gasteiger partial charge >= 0.3 is 0 Å². The Hall–Kier alpha value is -2.84. The molecule has 4 rings (SSSR count). The Morgan fingerprint density at radius 1 is 1.19 bits per heavy atom. The number of halogens is 1. The van der Waals surface area contributed by atoms with Gasteiger partial charge in [0.15, 0.2) is 21.3 Å². The van der Waals surface area contributed by atoms with Crippen LogP contribution in [0.5, 0.6) is 5.75 Å². The summed E-state index contributed by atoms with van der Waals surface area (Å²) in [5.74, 6) is 0.773. The number of sulfone groups is 1. The molecule has 1 fully saturated rings. The summed E-state index contributed by atoms with van der Waals surface area (Å²) in [6.45, 7) is 0.256. The molecule has 0 bridgehead atoms.